The maximum absolute atomic E-state index is 12.5. The van der Waals surface area contributed by atoms with E-state index in [-0.39, 0.29) is 35.8 Å². The number of aliphatic imine (C=N–C) groups is 1. The van der Waals surface area contributed by atoms with Gasteiger partial charge >= 0.3 is 6.18 Å². The zero-order valence-corrected chi connectivity index (χ0v) is 20.1. The summed E-state index contributed by atoms with van der Waals surface area (Å²) < 4.78 is 63.3. The van der Waals surface area contributed by atoms with Crippen LogP contribution in [0.15, 0.2) is 29.3 Å². The Balaban J connectivity index is 0.00000450. The van der Waals surface area contributed by atoms with Gasteiger partial charge in [0.15, 0.2) is 5.96 Å². The van der Waals surface area contributed by atoms with Gasteiger partial charge in [0.2, 0.25) is 10.0 Å². The predicted molar refractivity (Wildman–Crippen MR) is 122 cm³/mol. The van der Waals surface area contributed by atoms with Crippen LogP contribution in [0.1, 0.15) is 24.5 Å². The highest BCUT2D eigenvalue weighted by atomic mass is 127. The van der Waals surface area contributed by atoms with Gasteiger partial charge in [-0.15, -0.1) is 24.0 Å². The zero-order valence-electron chi connectivity index (χ0n) is 17.0. The Morgan fingerprint density at radius 3 is 2.63 bits per heavy atom. The third kappa shape index (κ3) is 9.79. The van der Waals surface area contributed by atoms with Gasteiger partial charge in [-0.25, -0.2) is 18.1 Å². The van der Waals surface area contributed by atoms with E-state index in [4.69, 9.17) is 0 Å². The normalized spacial score (nSPS) is 18.2. The number of hydrogen-bond acceptors (Lipinski definition) is 4. The second kappa shape index (κ2) is 12.1. The number of benzene rings is 1. The molecule has 1 saturated heterocycles. The lowest BCUT2D eigenvalue weighted by atomic mass is 10.1. The topological polar surface area (TPSA) is 85.8 Å². The van der Waals surface area contributed by atoms with Crippen LogP contribution in [0.2, 0.25) is 0 Å². The van der Waals surface area contributed by atoms with Crippen LogP contribution in [0.4, 0.5) is 13.2 Å². The molecule has 1 heterocycles. The predicted octanol–water partition coefficient (Wildman–Crippen LogP) is 2.05. The molecule has 0 aliphatic carbocycles. The molecule has 1 aliphatic rings. The molecule has 0 spiro atoms. The van der Waals surface area contributed by atoms with Crippen molar-refractivity contribution in [2.45, 2.75) is 37.9 Å². The molecule has 172 valence electrons. The fraction of sp³-hybridized carbons (Fsp3) is 0.611. The smallest absolute Gasteiger partial charge is 0.357 e. The maximum atomic E-state index is 12.5. The van der Waals surface area contributed by atoms with Crippen molar-refractivity contribution in [3.63, 3.8) is 0 Å². The van der Waals surface area contributed by atoms with Crippen molar-refractivity contribution < 1.29 is 21.6 Å². The van der Waals surface area contributed by atoms with E-state index in [0.29, 0.717) is 44.1 Å². The Labute approximate surface area is 193 Å². The lowest BCUT2D eigenvalue weighted by Crippen LogP contribution is -2.45. The van der Waals surface area contributed by atoms with Crippen molar-refractivity contribution in [3.05, 3.63) is 35.4 Å². The summed E-state index contributed by atoms with van der Waals surface area (Å²) in [7, 11) is -1.99. The van der Waals surface area contributed by atoms with Gasteiger partial charge in [0.05, 0.1) is 18.8 Å². The number of halogens is 4. The van der Waals surface area contributed by atoms with E-state index in [2.05, 4.69) is 20.3 Å². The summed E-state index contributed by atoms with van der Waals surface area (Å²) in [5, 5.41) is 6.29. The molecule has 0 radical (unpaired) electrons. The van der Waals surface area contributed by atoms with Crippen LogP contribution in [0.25, 0.3) is 0 Å². The van der Waals surface area contributed by atoms with Crippen molar-refractivity contribution in [1.82, 2.24) is 20.3 Å². The molecule has 1 aromatic rings. The minimum atomic E-state index is -4.20. The first-order valence-electron chi connectivity index (χ1n) is 9.43. The van der Waals surface area contributed by atoms with E-state index in [1.54, 1.807) is 18.2 Å². The molecular formula is C18H29F3IN5O2S. The second-order valence-electron chi connectivity index (χ2n) is 6.96. The van der Waals surface area contributed by atoms with Crippen molar-refractivity contribution >= 4 is 40.0 Å². The number of rotatable bonds is 8. The summed E-state index contributed by atoms with van der Waals surface area (Å²) in [6, 6.07) is 7.03. The number of nitrogens with zero attached hydrogens (tertiary/aromatic N) is 2. The molecular weight excluding hydrogens is 534 g/mol. The minimum absolute atomic E-state index is 0. The fourth-order valence-corrected chi connectivity index (χ4v) is 3.90. The molecule has 1 atom stereocenters. The van der Waals surface area contributed by atoms with Gasteiger partial charge in [-0.05, 0) is 31.5 Å². The zero-order chi connectivity index (χ0) is 21.5. The highest BCUT2D eigenvalue weighted by molar-refractivity contribution is 14.0. The Morgan fingerprint density at radius 2 is 2.00 bits per heavy atom. The van der Waals surface area contributed by atoms with Crippen LogP contribution in [-0.4, -0.2) is 64.7 Å². The van der Waals surface area contributed by atoms with Gasteiger partial charge in [0.1, 0.15) is 0 Å². The first kappa shape index (κ1) is 26.9. The van der Waals surface area contributed by atoms with E-state index in [1.165, 1.54) is 11.9 Å². The molecule has 3 N–H and O–H groups in total. The van der Waals surface area contributed by atoms with Crippen LogP contribution in [0.5, 0.6) is 0 Å². The highest BCUT2D eigenvalue weighted by Gasteiger charge is 2.34. The Kier molecular flexibility index (Phi) is 10.8. The number of sulfonamides is 1. The molecule has 0 bridgehead atoms. The maximum Gasteiger partial charge on any atom is 0.401 e. The molecule has 1 unspecified atom stereocenters. The minimum Gasteiger partial charge on any atom is -0.357 e. The summed E-state index contributed by atoms with van der Waals surface area (Å²) in [6.07, 6.45) is -3.59. The first-order valence-corrected chi connectivity index (χ1v) is 11.1. The van der Waals surface area contributed by atoms with Crippen LogP contribution in [0.3, 0.4) is 0 Å². The summed E-state index contributed by atoms with van der Waals surface area (Å²) >= 11 is 0. The summed E-state index contributed by atoms with van der Waals surface area (Å²) in [5.74, 6) is 0.413. The monoisotopic (exact) mass is 563 g/mol. The number of nitrogens with one attached hydrogen (secondary N) is 3. The van der Waals surface area contributed by atoms with Crippen LogP contribution in [0, 0.1) is 0 Å². The largest absolute Gasteiger partial charge is 0.401 e. The van der Waals surface area contributed by atoms with Crippen molar-refractivity contribution in [2.75, 3.05) is 33.2 Å². The number of likely N-dealkylation sites (tertiary alicyclic amines) is 1. The second-order valence-corrected chi connectivity index (χ2v) is 8.88. The number of alkyl halides is 3. The van der Waals surface area contributed by atoms with Crippen LogP contribution < -0.4 is 15.4 Å². The van der Waals surface area contributed by atoms with Crippen molar-refractivity contribution in [1.29, 1.82) is 0 Å². The van der Waals surface area contributed by atoms with E-state index < -0.39 is 22.7 Å². The van der Waals surface area contributed by atoms with E-state index in [1.807, 2.05) is 13.0 Å². The Hall–Kier alpha value is -1.12. The summed E-state index contributed by atoms with van der Waals surface area (Å²) in [4.78, 5) is 5.88. The van der Waals surface area contributed by atoms with E-state index in [9.17, 15) is 21.6 Å². The molecule has 12 heteroatoms. The lowest BCUT2D eigenvalue weighted by molar-refractivity contribution is -0.143. The molecule has 1 fully saturated rings. The number of guanidine groups is 1. The van der Waals surface area contributed by atoms with E-state index in [0.717, 1.165) is 5.56 Å². The van der Waals surface area contributed by atoms with E-state index >= 15 is 0 Å². The summed E-state index contributed by atoms with van der Waals surface area (Å²) in [6.45, 7) is 2.64. The SMILES string of the molecule is CCNC(=NCc1cccc(CS(=O)(=O)NC)c1)NC1CCN(CC(F)(F)F)C1.I. The Morgan fingerprint density at radius 1 is 1.30 bits per heavy atom. The first-order chi connectivity index (χ1) is 13.6. The standard InChI is InChI=1S/C18H28F3N5O2S.HI/c1-3-23-17(25-16-7-8-26(11-16)13-18(19,20)21)24-10-14-5-4-6-15(9-14)12-29(27,28)22-2;/h4-6,9,16,22H,3,7-8,10-13H2,1-2H3,(H2,23,24,25);1H. The molecule has 30 heavy (non-hydrogen) atoms. The molecule has 0 amide bonds. The molecule has 0 saturated carbocycles. The highest BCUT2D eigenvalue weighted by Crippen LogP contribution is 2.20. The van der Waals surface area contributed by atoms with Gasteiger partial charge in [-0.2, -0.15) is 13.2 Å². The third-order valence-corrected chi connectivity index (χ3v) is 5.77. The Bertz CT molecular complexity index is 805. The van der Waals surface area contributed by atoms with Gasteiger partial charge < -0.3 is 10.6 Å². The lowest BCUT2D eigenvalue weighted by Gasteiger charge is -2.19. The van der Waals surface area contributed by atoms with Crippen molar-refractivity contribution in [3.8, 4) is 0 Å². The average Bonchev–Trinajstić information content (AvgIpc) is 3.05. The molecule has 1 aliphatic heterocycles. The third-order valence-electron chi connectivity index (χ3n) is 4.44. The molecule has 7 nitrogen and oxygen atoms in total. The quantitative estimate of drug-likeness (QED) is 0.256. The van der Waals surface area contributed by atoms with Gasteiger partial charge in [-0.1, -0.05) is 24.3 Å². The van der Waals surface area contributed by atoms with Gasteiger partial charge in [0.25, 0.3) is 0 Å². The summed E-state index contributed by atoms with van der Waals surface area (Å²) in [5.41, 5.74) is 1.50. The molecule has 2 rings (SSSR count). The average molecular weight is 563 g/mol. The molecule has 1 aromatic carbocycles. The number of hydrogen-bond donors (Lipinski definition) is 3. The fourth-order valence-electron chi connectivity index (χ4n) is 3.14. The van der Waals surface area contributed by atoms with Gasteiger partial charge in [0, 0.05) is 25.7 Å². The van der Waals surface area contributed by atoms with Crippen molar-refractivity contribution in [2.24, 2.45) is 4.99 Å². The van der Waals surface area contributed by atoms with Gasteiger partial charge in [-0.3, -0.25) is 4.90 Å². The van der Waals surface area contributed by atoms with Crippen LogP contribution >= 0.6 is 24.0 Å². The van der Waals surface area contributed by atoms with Crippen LogP contribution in [-0.2, 0) is 22.3 Å². The molecule has 0 aromatic heterocycles.